The van der Waals surface area contributed by atoms with E-state index in [4.69, 9.17) is 4.74 Å². The predicted molar refractivity (Wildman–Crippen MR) is 72.5 cm³/mol. The van der Waals surface area contributed by atoms with Crippen molar-refractivity contribution in [1.82, 2.24) is 0 Å². The molecule has 0 aromatic rings. The van der Waals surface area contributed by atoms with E-state index in [1.165, 1.54) is 11.1 Å². The Morgan fingerprint density at radius 2 is 1.94 bits per heavy atom. The Hall–Kier alpha value is -1.76. The van der Waals surface area contributed by atoms with Gasteiger partial charge in [-0.3, -0.25) is 0 Å². The Labute approximate surface area is 103 Å². The minimum atomic E-state index is 0.733. The highest BCUT2D eigenvalue weighted by molar-refractivity contribution is 5.47. The van der Waals surface area contributed by atoms with Gasteiger partial charge >= 0.3 is 0 Å². The number of hydrogen-bond acceptors (Lipinski definition) is 1. The zero-order chi connectivity index (χ0) is 11.9. The minimum absolute atomic E-state index is 0.733. The molecule has 0 aliphatic heterocycles. The monoisotopic (exact) mass is 226 g/mol. The van der Waals surface area contributed by atoms with E-state index in [2.05, 4.69) is 54.7 Å². The van der Waals surface area contributed by atoms with E-state index in [0.29, 0.717) is 0 Å². The minimum Gasteiger partial charge on any atom is -0.498 e. The van der Waals surface area contributed by atoms with Gasteiger partial charge in [-0.2, -0.15) is 0 Å². The Bertz CT molecular complexity index is 442. The highest BCUT2D eigenvalue weighted by atomic mass is 16.5. The Kier molecular flexibility index (Phi) is 4.20. The van der Waals surface area contributed by atoms with Crippen LogP contribution in [0.2, 0.25) is 0 Å². The molecule has 0 bridgehead atoms. The summed E-state index contributed by atoms with van der Waals surface area (Å²) in [5, 5.41) is 0. The third-order valence-electron chi connectivity index (χ3n) is 2.76. The maximum atomic E-state index is 5.54. The third-order valence-corrected chi connectivity index (χ3v) is 2.76. The van der Waals surface area contributed by atoms with Gasteiger partial charge in [-0.15, -0.1) is 0 Å². The van der Waals surface area contributed by atoms with Crippen molar-refractivity contribution in [2.75, 3.05) is 6.61 Å². The van der Waals surface area contributed by atoms with Crippen LogP contribution in [0.1, 0.15) is 19.8 Å². The molecule has 1 heteroatoms. The van der Waals surface area contributed by atoms with Crippen LogP contribution in [0.5, 0.6) is 0 Å². The maximum Gasteiger partial charge on any atom is 0.0997 e. The van der Waals surface area contributed by atoms with Gasteiger partial charge in [0.25, 0.3) is 0 Å². The lowest BCUT2D eigenvalue weighted by atomic mass is 10.0. The van der Waals surface area contributed by atoms with Gasteiger partial charge in [-0.05, 0) is 30.6 Å². The van der Waals surface area contributed by atoms with E-state index in [0.717, 1.165) is 25.2 Å². The van der Waals surface area contributed by atoms with E-state index >= 15 is 0 Å². The van der Waals surface area contributed by atoms with Crippen LogP contribution in [0, 0.1) is 0 Å². The van der Waals surface area contributed by atoms with Crippen LogP contribution in [0.25, 0.3) is 0 Å². The van der Waals surface area contributed by atoms with Crippen molar-refractivity contribution in [3.05, 3.63) is 71.6 Å². The van der Waals surface area contributed by atoms with E-state index in [1.54, 1.807) is 0 Å². The first-order valence-corrected chi connectivity index (χ1v) is 6.13. The molecule has 0 spiro atoms. The molecule has 0 aromatic heterocycles. The summed E-state index contributed by atoms with van der Waals surface area (Å²) in [4.78, 5) is 0. The molecule has 0 saturated carbocycles. The second-order valence-electron chi connectivity index (χ2n) is 4.00. The van der Waals surface area contributed by atoms with Crippen molar-refractivity contribution in [3.8, 4) is 0 Å². The highest BCUT2D eigenvalue weighted by Crippen LogP contribution is 2.22. The van der Waals surface area contributed by atoms with Gasteiger partial charge in [-0.25, -0.2) is 0 Å². The van der Waals surface area contributed by atoms with E-state index in [9.17, 15) is 0 Å². The molecule has 0 saturated heterocycles. The summed E-state index contributed by atoms with van der Waals surface area (Å²) in [5.74, 6) is 1.04. The molecule has 1 nitrogen and oxygen atoms in total. The van der Waals surface area contributed by atoms with Gasteiger partial charge in [0.2, 0.25) is 0 Å². The van der Waals surface area contributed by atoms with Crippen LogP contribution >= 0.6 is 0 Å². The second kappa shape index (κ2) is 6.09. The average Bonchev–Trinajstić information content (AvgIpc) is 2.71. The molecule has 0 atom stereocenters. The number of rotatable bonds is 3. The summed E-state index contributed by atoms with van der Waals surface area (Å²) in [6.07, 6.45) is 21.0. The number of ether oxygens (including phenoxy) is 1. The molecule has 2 rings (SSSR count). The fourth-order valence-corrected chi connectivity index (χ4v) is 1.91. The van der Waals surface area contributed by atoms with Crippen LogP contribution in [0.4, 0.5) is 0 Å². The molecule has 17 heavy (non-hydrogen) atoms. The molecule has 2 aliphatic carbocycles. The van der Waals surface area contributed by atoms with E-state index in [-0.39, 0.29) is 0 Å². The summed E-state index contributed by atoms with van der Waals surface area (Å²) in [6, 6.07) is 0. The summed E-state index contributed by atoms with van der Waals surface area (Å²) in [5.41, 5.74) is 2.62. The standard InChI is InChI=1S/C16H18O/c1-2-17-16-11-7-10-15(12-13-16)14-8-5-3-4-6-9-14/h3-8,10,12-13H,2,9,11H2,1H3. The maximum absolute atomic E-state index is 5.54. The normalized spacial score (nSPS) is 19.0. The molecular weight excluding hydrogens is 208 g/mol. The van der Waals surface area contributed by atoms with Gasteiger partial charge in [0.1, 0.15) is 0 Å². The summed E-state index contributed by atoms with van der Waals surface area (Å²) in [7, 11) is 0. The zero-order valence-electron chi connectivity index (χ0n) is 10.2. The van der Waals surface area contributed by atoms with Crippen LogP contribution < -0.4 is 0 Å². The summed E-state index contributed by atoms with van der Waals surface area (Å²) in [6.45, 7) is 2.75. The van der Waals surface area contributed by atoms with Gasteiger partial charge < -0.3 is 4.74 Å². The first-order chi connectivity index (χ1) is 8.40. The molecule has 2 aliphatic rings. The van der Waals surface area contributed by atoms with Crippen molar-refractivity contribution < 1.29 is 4.74 Å². The van der Waals surface area contributed by atoms with Crippen molar-refractivity contribution >= 4 is 0 Å². The van der Waals surface area contributed by atoms with E-state index in [1.807, 2.05) is 6.92 Å². The fraction of sp³-hybridized carbons (Fsp3) is 0.250. The quantitative estimate of drug-likeness (QED) is 0.699. The molecular formula is C16H18O. The molecule has 0 N–H and O–H groups in total. The van der Waals surface area contributed by atoms with Crippen LogP contribution in [0.3, 0.4) is 0 Å². The smallest absolute Gasteiger partial charge is 0.0997 e. The second-order valence-corrected chi connectivity index (χ2v) is 4.00. The van der Waals surface area contributed by atoms with Gasteiger partial charge in [0.05, 0.1) is 12.4 Å². The Balaban J connectivity index is 2.18. The summed E-state index contributed by atoms with van der Waals surface area (Å²) < 4.78 is 5.54. The predicted octanol–water partition coefficient (Wildman–Crippen LogP) is 4.24. The first-order valence-electron chi connectivity index (χ1n) is 6.13. The van der Waals surface area contributed by atoms with Gasteiger partial charge in [-0.1, -0.05) is 48.6 Å². The number of hydrogen-bond donors (Lipinski definition) is 0. The summed E-state index contributed by atoms with van der Waals surface area (Å²) >= 11 is 0. The van der Waals surface area contributed by atoms with Crippen LogP contribution in [-0.4, -0.2) is 6.61 Å². The lowest BCUT2D eigenvalue weighted by molar-refractivity contribution is 0.224. The highest BCUT2D eigenvalue weighted by Gasteiger charge is 2.04. The van der Waals surface area contributed by atoms with Crippen molar-refractivity contribution in [1.29, 1.82) is 0 Å². The fourth-order valence-electron chi connectivity index (χ4n) is 1.91. The average molecular weight is 226 g/mol. The topological polar surface area (TPSA) is 9.23 Å². The Morgan fingerprint density at radius 1 is 1.00 bits per heavy atom. The zero-order valence-corrected chi connectivity index (χ0v) is 10.2. The molecule has 0 aromatic carbocycles. The van der Waals surface area contributed by atoms with E-state index < -0.39 is 0 Å². The molecule has 0 radical (unpaired) electrons. The van der Waals surface area contributed by atoms with Crippen molar-refractivity contribution in [2.45, 2.75) is 19.8 Å². The third kappa shape index (κ3) is 3.35. The lowest BCUT2D eigenvalue weighted by Crippen LogP contribution is -1.88. The van der Waals surface area contributed by atoms with Crippen LogP contribution in [0.15, 0.2) is 71.6 Å². The van der Waals surface area contributed by atoms with Gasteiger partial charge in [0, 0.05) is 6.42 Å². The lowest BCUT2D eigenvalue weighted by Gasteiger charge is -2.03. The van der Waals surface area contributed by atoms with Gasteiger partial charge in [0.15, 0.2) is 0 Å². The Morgan fingerprint density at radius 3 is 2.82 bits per heavy atom. The molecule has 0 fully saturated rings. The molecule has 0 amide bonds. The molecule has 0 heterocycles. The SMILES string of the molecule is CCOC1=CC=C(C2=CC=CC=CC2)C=CC1. The molecule has 0 unspecified atom stereocenters. The molecule has 88 valence electrons. The van der Waals surface area contributed by atoms with Crippen molar-refractivity contribution in [2.24, 2.45) is 0 Å². The first kappa shape index (κ1) is 11.7. The van der Waals surface area contributed by atoms with Crippen molar-refractivity contribution in [3.63, 3.8) is 0 Å². The number of allylic oxidation sites excluding steroid dienone is 11. The van der Waals surface area contributed by atoms with Crippen LogP contribution in [-0.2, 0) is 4.74 Å². The largest absolute Gasteiger partial charge is 0.498 e.